The molecule has 0 bridgehead atoms. The summed E-state index contributed by atoms with van der Waals surface area (Å²) in [5, 5.41) is 3.17. The van der Waals surface area contributed by atoms with Crippen molar-refractivity contribution in [2.45, 2.75) is 17.7 Å². The zero-order valence-electron chi connectivity index (χ0n) is 10.7. The van der Waals surface area contributed by atoms with E-state index in [1.807, 2.05) is 11.1 Å². The van der Waals surface area contributed by atoms with Crippen molar-refractivity contribution in [3.8, 4) is 0 Å². The number of nitrogens with one attached hydrogen (secondary N) is 4. The summed E-state index contributed by atoms with van der Waals surface area (Å²) in [5.41, 5.74) is -0.488. The van der Waals surface area contributed by atoms with Crippen LogP contribution >= 0.6 is 0 Å². The molecule has 4 N–H and O–H groups in total. The van der Waals surface area contributed by atoms with Gasteiger partial charge in [-0.05, 0) is 19.4 Å². The average Bonchev–Trinajstić information content (AvgIpc) is 2.39. The molecule has 1 aromatic heterocycles. The van der Waals surface area contributed by atoms with E-state index in [-0.39, 0.29) is 6.54 Å². The first kappa shape index (κ1) is 14.7. The van der Waals surface area contributed by atoms with Crippen molar-refractivity contribution < 1.29 is 8.42 Å². The van der Waals surface area contributed by atoms with Crippen molar-refractivity contribution in [2.75, 3.05) is 19.6 Å². The summed E-state index contributed by atoms with van der Waals surface area (Å²) in [6.45, 7) is 1.90. The highest BCUT2D eigenvalue weighted by atomic mass is 32.2. The summed E-state index contributed by atoms with van der Waals surface area (Å²) in [7, 11) is -3.92. The van der Waals surface area contributed by atoms with Crippen LogP contribution in [0.15, 0.2) is 32.3 Å². The first-order chi connectivity index (χ1) is 9.49. The largest absolute Gasteiger partial charge is 0.325 e. The van der Waals surface area contributed by atoms with Gasteiger partial charge in [0.15, 0.2) is 4.90 Å². The van der Waals surface area contributed by atoms with Crippen molar-refractivity contribution in [3.05, 3.63) is 38.7 Å². The minimum atomic E-state index is -3.92. The van der Waals surface area contributed by atoms with Gasteiger partial charge in [0.05, 0.1) is 0 Å². The van der Waals surface area contributed by atoms with Gasteiger partial charge in [0, 0.05) is 19.3 Å². The molecular formula is C11H16N4O4S. The SMILES string of the molecule is O=c1[nH]cc(S(=O)(=O)NCCC2=CCNCC2)c(=O)[nH]1. The summed E-state index contributed by atoms with van der Waals surface area (Å²) < 4.78 is 26.2. The highest BCUT2D eigenvalue weighted by Crippen LogP contribution is 2.08. The Morgan fingerprint density at radius 3 is 2.75 bits per heavy atom. The summed E-state index contributed by atoms with van der Waals surface area (Å²) in [6.07, 6.45) is 4.42. The fourth-order valence-electron chi connectivity index (χ4n) is 1.92. The first-order valence-electron chi connectivity index (χ1n) is 6.19. The Kier molecular flexibility index (Phi) is 4.53. The standard InChI is InChI=1S/C11H16N4O4S/c16-10-9(7-13-11(17)15-10)20(18,19)14-6-3-8-1-4-12-5-2-8/h1,7,12,14H,2-6H2,(H2,13,15,16,17). The molecule has 2 heterocycles. The highest BCUT2D eigenvalue weighted by Gasteiger charge is 2.18. The van der Waals surface area contributed by atoms with Crippen LogP contribution in [-0.4, -0.2) is 38.0 Å². The van der Waals surface area contributed by atoms with E-state index in [4.69, 9.17) is 0 Å². The molecule has 0 aromatic carbocycles. The van der Waals surface area contributed by atoms with Gasteiger partial charge in [-0.1, -0.05) is 11.6 Å². The minimum Gasteiger partial charge on any atom is -0.313 e. The molecule has 0 atom stereocenters. The number of hydrogen-bond acceptors (Lipinski definition) is 5. The molecule has 0 aliphatic carbocycles. The number of rotatable bonds is 5. The maximum absolute atomic E-state index is 11.9. The van der Waals surface area contributed by atoms with E-state index in [2.05, 4.69) is 15.0 Å². The van der Waals surface area contributed by atoms with Crippen LogP contribution in [0.1, 0.15) is 12.8 Å². The molecule has 1 aromatic rings. The number of aromatic nitrogens is 2. The molecule has 0 amide bonds. The molecule has 1 aliphatic heterocycles. The smallest absolute Gasteiger partial charge is 0.313 e. The van der Waals surface area contributed by atoms with Crippen LogP contribution in [0.4, 0.5) is 0 Å². The van der Waals surface area contributed by atoms with E-state index < -0.39 is 26.2 Å². The Morgan fingerprint density at radius 2 is 2.10 bits per heavy atom. The Labute approximate surface area is 115 Å². The summed E-state index contributed by atoms with van der Waals surface area (Å²) >= 11 is 0. The quantitative estimate of drug-likeness (QED) is 0.501. The number of sulfonamides is 1. The predicted molar refractivity (Wildman–Crippen MR) is 73.1 cm³/mol. The molecule has 0 saturated heterocycles. The van der Waals surface area contributed by atoms with E-state index in [0.29, 0.717) is 6.42 Å². The van der Waals surface area contributed by atoms with Crippen LogP contribution in [0.5, 0.6) is 0 Å². The molecule has 110 valence electrons. The van der Waals surface area contributed by atoms with Gasteiger partial charge in [0.1, 0.15) is 0 Å². The second-order valence-corrected chi connectivity index (χ2v) is 6.14. The lowest BCUT2D eigenvalue weighted by Crippen LogP contribution is -2.33. The average molecular weight is 300 g/mol. The molecule has 0 saturated carbocycles. The third kappa shape index (κ3) is 3.65. The summed E-state index contributed by atoms with van der Waals surface area (Å²) in [5.74, 6) is 0. The van der Waals surface area contributed by atoms with Crippen molar-refractivity contribution in [3.63, 3.8) is 0 Å². The lowest BCUT2D eigenvalue weighted by atomic mass is 10.1. The Bertz CT molecular complexity index is 716. The fourth-order valence-corrected chi connectivity index (χ4v) is 2.95. The predicted octanol–water partition coefficient (Wildman–Crippen LogP) is -1.35. The van der Waals surface area contributed by atoms with Crippen molar-refractivity contribution in [1.82, 2.24) is 20.0 Å². The highest BCUT2D eigenvalue weighted by molar-refractivity contribution is 7.89. The zero-order chi connectivity index (χ0) is 14.6. The number of H-pyrrole nitrogens is 2. The van der Waals surface area contributed by atoms with Crippen molar-refractivity contribution in [1.29, 1.82) is 0 Å². The number of aromatic amines is 2. The van der Waals surface area contributed by atoms with Gasteiger partial charge in [-0.15, -0.1) is 0 Å². The van der Waals surface area contributed by atoms with Crippen LogP contribution in [0.2, 0.25) is 0 Å². The van der Waals surface area contributed by atoms with Crippen LogP contribution in [0.3, 0.4) is 0 Å². The third-order valence-corrected chi connectivity index (χ3v) is 4.44. The summed E-state index contributed by atoms with van der Waals surface area (Å²) in [4.78, 5) is 25.8. The molecule has 0 radical (unpaired) electrons. The molecule has 0 fully saturated rings. The molecule has 20 heavy (non-hydrogen) atoms. The maximum Gasteiger partial charge on any atom is 0.325 e. The van der Waals surface area contributed by atoms with E-state index >= 15 is 0 Å². The summed E-state index contributed by atoms with van der Waals surface area (Å²) in [6, 6.07) is 0. The fraction of sp³-hybridized carbons (Fsp3) is 0.455. The van der Waals surface area contributed by atoms with Gasteiger partial charge in [-0.2, -0.15) is 0 Å². The van der Waals surface area contributed by atoms with E-state index in [9.17, 15) is 18.0 Å². The van der Waals surface area contributed by atoms with E-state index in [1.165, 1.54) is 5.57 Å². The Morgan fingerprint density at radius 1 is 1.30 bits per heavy atom. The molecule has 0 unspecified atom stereocenters. The zero-order valence-corrected chi connectivity index (χ0v) is 11.5. The number of hydrogen-bond donors (Lipinski definition) is 4. The molecule has 8 nitrogen and oxygen atoms in total. The molecule has 2 rings (SSSR count). The van der Waals surface area contributed by atoms with Crippen LogP contribution in [-0.2, 0) is 10.0 Å². The molecule has 9 heteroatoms. The van der Waals surface area contributed by atoms with Crippen LogP contribution < -0.4 is 21.3 Å². The Balaban J connectivity index is 2.02. The Hall–Kier alpha value is -1.71. The molecular weight excluding hydrogens is 284 g/mol. The molecule has 1 aliphatic rings. The van der Waals surface area contributed by atoms with Gasteiger partial charge >= 0.3 is 5.69 Å². The second kappa shape index (κ2) is 6.16. The third-order valence-electron chi connectivity index (χ3n) is 2.97. The van der Waals surface area contributed by atoms with Gasteiger partial charge in [0.2, 0.25) is 10.0 Å². The lowest BCUT2D eigenvalue weighted by molar-refractivity contribution is 0.577. The topological polar surface area (TPSA) is 124 Å². The molecule has 0 spiro atoms. The van der Waals surface area contributed by atoms with E-state index in [1.54, 1.807) is 0 Å². The first-order valence-corrected chi connectivity index (χ1v) is 7.68. The van der Waals surface area contributed by atoms with Crippen LogP contribution in [0.25, 0.3) is 0 Å². The lowest BCUT2D eigenvalue weighted by Gasteiger charge is -2.14. The monoisotopic (exact) mass is 300 g/mol. The maximum atomic E-state index is 11.9. The van der Waals surface area contributed by atoms with Gasteiger partial charge in [-0.25, -0.2) is 17.9 Å². The van der Waals surface area contributed by atoms with E-state index in [0.717, 1.165) is 25.7 Å². The minimum absolute atomic E-state index is 0.215. The van der Waals surface area contributed by atoms with Gasteiger partial charge in [0.25, 0.3) is 5.56 Å². The van der Waals surface area contributed by atoms with Gasteiger partial charge < -0.3 is 10.3 Å². The van der Waals surface area contributed by atoms with Gasteiger partial charge in [-0.3, -0.25) is 9.78 Å². The van der Waals surface area contributed by atoms with Crippen LogP contribution in [0, 0.1) is 0 Å². The van der Waals surface area contributed by atoms with Crippen molar-refractivity contribution >= 4 is 10.0 Å². The van der Waals surface area contributed by atoms with Crippen molar-refractivity contribution in [2.24, 2.45) is 0 Å². The second-order valence-electron chi connectivity index (χ2n) is 4.40. The normalized spacial score (nSPS) is 15.9.